The number of carbonyl (C=O) groups is 2. The van der Waals surface area contributed by atoms with Crippen LogP contribution in [-0.4, -0.2) is 47.3 Å². The zero-order chi connectivity index (χ0) is 30.6. The van der Waals surface area contributed by atoms with Gasteiger partial charge in [-0.3, -0.25) is 9.69 Å². The highest BCUT2D eigenvalue weighted by Gasteiger charge is 2.29. The van der Waals surface area contributed by atoms with E-state index in [4.69, 9.17) is 18.6 Å². The van der Waals surface area contributed by atoms with Crippen molar-refractivity contribution in [1.29, 1.82) is 0 Å². The normalized spacial score (nSPS) is 11.5. The molecule has 0 spiro atoms. The highest BCUT2D eigenvalue weighted by Crippen LogP contribution is 2.30. The summed E-state index contributed by atoms with van der Waals surface area (Å²) in [5, 5.41) is 9.66. The third kappa shape index (κ3) is 8.85. The number of hydrogen-bond acceptors (Lipinski definition) is 7. The van der Waals surface area contributed by atoms with Crippen molar-refractivity contribution in [2.24, 2.45) is 0 Å². The van der Waals surface area contributed by atoms with Gasteiger partial charge in [-0.15, -0.1) is 0 Å². The molecule has 0 saturated heterocycles. The molecule has 226 valence electrons. The molecule has 0 fully saturated rings. The molecule has 9 heteroatoms. The summed E-state index contributed by atoms with van der Waals surface area (Å²) in [5.41, 5.74) is 2.56. The molecule has 0 aliphatic heterocycles. The molecule has 0 saturated carbocycles. The number of aryl methyl sites for hydroxylation is 1. The van der Waals surface area contributed by atoms with Crippen molar-refractivity contribution in [2.75, 3.05) is 20.3 Å². The van der Waals surface area contributed by atoms with Gasteiger partial charge in [0.05, 0.1) is 25.5 Å². The summed E-state index contributed by atoms with van der Waals surface area (Å²) in [6.07, 6.45) is 3.22. The van der Waals surface area contributed by atoms with E-state index < -0.39 is 24.6 Å². The molecule has 0 aliphatic rings. The Morgan fingerprint density at radius 2 is 1.60 bits per heavy atom. The maximum Gasteiger partial charge on any atom is 0.416 e. The summed E-state index contributed by atoms with van der Waals surface area (Å²) in [6, 6.07) is 23.2. The van der Waals surface area contributed by atoms with E-state index in [-0.39, 0.29) is 0 Å². The Bertz CT molecular complexity index is 1450. The summed E-state index contributed by atoms with van der Waals surface area (Å²) >= 11 is 0. The SMILES string of the molecule is CCCCC[C@H](c1ccc(OCCc2nc(-c3ccccc3)oc2C)cc1)N(CC(=O)O)C(=O)Oc1ccc(OC)cc1. The molecule has 0 bridgehead atoms. The second-order valence-corrected chi connectivity index (χ2v) is 10.1. The van der Waals surface area contributed by atoms with E-state index in [2.05, 4.69) is 11.9 Å². The average molecular weight is 587 g/mol. The van der Waals surface area contributed by atoms with Crippen molar-refractivity contribution in [3.63, 3.8) is 0 Å². The minimum atomic E-state index is -1.12. The molecule has 0 aliphatic carbocycles. The van der Waals surface area contributed by atoms with Crippen LogP contribution in [0, 0.1) is 6.92 Å². The molecule has 1 amide bonds. The molecule has 3 aromatic carbocycles. The summed E-state index contributed by atoms with van der Waals surface area (Å²) in [5.74, 6) is 1.80. The molecular weight excluding hydrogens is 548 g/mol. The second kappa shape index (κ2) is 15.4. The number of nitrogens with zero attached hydrogens (tertiary/aromatic N) is 2. The first-order valence-electron chi connectivity index (χ1n) is 14.5. The van der Waals surface area contributed by atoms with Gasteiger partial charge < -0.3 is 23.7 Å². The number of aliphatic carboxylic acids is 1. The van der Waals surface area contributed by atoms with E-state index in [1.807, 2.05) is 61.5 Å². The van der Waals surface area contributed by atoms with Crippen LogP contribution in [0.3, 0.4) is 0 Å². The van der Waals surface area contributed by atoms with Crippen molar-refractivity contribution in [3.05, 3.63) is 95.9 Å². The van der Waals surface area contributed by atoms with Crippen LogP contribution >= 0.6 is 0 Å². The Labute approximate surface area is 252 Å². The van der Waals surface area contributed by atoms with Crippen LogP contribution < -0.4 is 14.2 Å². The third-order valence-electron chi connectivity index (χ3n) is 7.05. The fourth-order valence-corrected chi connectivity index (χ4v) is 4.76. The zero-order valence-corrected chi connectivity index (χ0v) is 24.8. The number of carboxylic acid groups (broad SMARTS) is 1. The molecule has 0 unspecified atom stereocenters. The van der Waals surface area contributed by atoms with E-state index in [1.54, 1.807) is 31.4 Å². The fraction of sp³-hybridized carbons (Fsp3) is 0.324. The number of carboxylic acids is 1. The number of hydrogen-bond donors (Lipinski definition) is 1. The van der Waals surface area contributed by atoms with Crippen LogP contribution in [-0.2, 0) is 11.2 Å². The van der Waals surface area contributed by atoms with Gasteiger partial charge in [0.2, 0.25) is 5.89 Å². The minimum absolute atomic E-state index is 0.301. The molecule has 1 N–H and O–H groups in total. The number of oxazole rings is 1. The summed E-state index contributed by atoms with van der Waals surface area (Å²) in [7, 11) is 1.55. The number of unbranched alkanes of at least 4 members (excludes halogenated alkanes) is 2. The van der Waals surface area contributed by atoms with Gasteiger partial charge in [-0.2, -0.15) is 0 Å². The van der Waals surface area contributed by atoms with Crippen LogP contribution in [0.4, 0.5) is 4.79 Å². The molecule has 0 radical (unpaired) electrons. The minimum Gasteiger partial charge on any atom is -0.497 e. The Morgan fingerprint density at radius 1 is 0.930 bits per heavy atom. The number of aromatic nitrogens is 1. The zero-order valence-electron chi connectivity index (χ0n) is 24.8. The lowest BCUT2D eigenvalue weighted by molar-refractivity contribution is -0.138. The van der Waals surface area contributed by atoms with E-state index >= 15 is 0 Å². The van der Waals surface area contributed by atoms with Crippen LogP contribution in [0.2, 0.25) is 0 Å². The Hall–Kier alpha value is -4.79. The first-order valence-corrected chi connectivity index (χ1v) is 14.5. The maximum absolute atomic E-state index is 13.3. The number of methoxy groups -OCH3 is 1. The molecule has 1 aromatic heterocycles. The summed E-state index contributed by atoms with van der Waals surface area (Å²) in [4.78, 5) is 31.0. The lowest BCUT2D eigenvalue weighted by atomic mass is 9.98. The van der Waals surface area contributed by atoms with E-state index in [1.165, 1.54) is 4.90 Å². The maximum atomic E-state index is 13.3. The van der Waals surface area contributed by atoms with Crippen molar-refractivity contribution in [1.82, 2.24) is 9.88 Å². The monoisotopic (exact) mass is 586 g/mol. The molecule has 4 aromatic rings. The van der Waals surface area contributed by atoms with Crippen molar-refractivity contribution < 1.29 is 33.3 Å². The van der Waals surface area contributed by atoms with Gasteiger partial charge in [-0.25, -0.2) is 9.78 Å². The van der Waals surface area contributed by atoms with Gasteiger partial charge in [0.15, 0.2) is 0 Å². The molecule has 4 rings (SSSR count). The first-order chi connectivity index (χ1) is 20.9. The van der Waals surface area contributed by atoms with Crippen LogP contribution in [0.15, 0.2) is 83.3 Å². The Balaban J connectivity index is 1.44. The number of amides is 1. The first kappa shape index (κ1) is 31.2. The lowest BCUT2D eigenvalue weighted by Crippen LogP contribution is -2.40. The summed E-state index contributed by atoms with van der Waals surface area (Å²) < 4.78 is 22.6. The molecular formula is C34H38N2O7. The predicted molar refractivity (Wildman–Crippen MR) is 163 cm³/mol. The van der Waals surface area contributed by atoms with Crippen LogP contribution in [0.25, 0.3) is 11.5 Å². The Morgan fingerprint density at radius 3 is 2.26 bits per heavy atom. The van der Waals surface area contributed by atoms with Gasteiger partial charge in [0.25, 0.3) is 0 Å². The number of ether oxygens (including phenoxy) is 3. The number of carbonyl (C=O) groups excluding carboxylic acids is 1. The second-order valence-electron chi connectivity index (χ2n) is 10.1. The average Bonchev–Trinajstić information content (AvgIpc) is 3.39. The smallest absolute Gasteiger partial charge is 0.416 e. The van der Waals surface area contributed by atoms with Crippen LogP contribution in [0.5, 0.6) is 17.2 Å². The van der Waals surface area contributed by atoms with Gasteiger partial charge in [0.1, 0.15) is 29.6 Å². The third-order valence-corrected chi connectivity index (χ3v) is 7.05. The molecule has 1 heterocycles. The van der Waals surface area contributed by atoms with Gasteiger partial charge in [0, 0.05) is 12.0 Å². The fourth-order valence-electron chi connectivity index (χ4n) is 4.76. The van der Waals surface area contributed by atoms with Crippen molar-refractivity contribution in [2.45, 2.75) is 52.0 Å². The van der Waals surface area contributed by atoms with Crippen LogP contribution in [0.1, 0.15) is 55.7 Å². The molecule has 43 heavy (non-hydrogen) atoms. The van der Waals surface area contributed by atoms with E-state index in [0.717, 1.165) is 41.8 Å². The number of rotatable bonds is 15. The highest BCUT2D eigenvalue weighted by molar-refractivity contribution is 5.78. The van der Waals surface area contributed by atoms with Gasteiger partial charge in [-0.1, -0.05) is 56.5 Å². The van der Waals surface area contributed by atoms with E-state index in [0.29, 0.717) is 42.6 Å². The Kier molecular flexibility index (Phi) is 11.2. The summed E-state index contributed by atoms with van der Waals surface area (Å²) in [6.45, 7) is 3.90. The molecule has 9 nitrogen and oxygen atoms in total. The predicted octanol–water partition coefficient (Wildman–Crippen LogP) is 7.49. The quantitative estimate of drug-likeness (QED) is 0.143. The standard InChI is InChI=1S/C34H38N2O7/c1-4-5-7-12-31(36(23-32(37)38)34(39)43-29-19-17-27(40-3)18-20-29)25-13-15-28(16-14-25)41-22-21-30-24(2)42-33(35-30)26-10-8-6-9-11-26/h6,8-11,13-20,31H,4-5,7,12,21-23H2,1-3H3,(H,37,38)/t31-/m1/s1. The van der Waals surface area contributed by atoms with Crippen molar-refractivity contribution in [3.8, 4) is 28.7 Å². The highest BCUT2D eigenvalue weighted by atomic mass is 16.6. The largest absolute Gasteiger partial charge is 0.497 e. The van der Waals surface area contributed by atoms with Gasteiger partial charge >= 0.3 is 12.1 Å². The van der Waals surface area contributed by atoms with E-state index in [9.17, 15) is 14.7 Å². The van der Waals surface area contributed by atoms with Crippen molar-refractivity contribution >= 4 is 12.1 Å². The number of benzene rings is 3. The topological polar surface area (TPSA) is 111 Å². The van der Waals surface area contributed by atoms with Gasteiger partial charge in [-0.05, 0) is 67.4 Å². The lowest BCUT2D eigenvalue weighted by Gasteiger charge is -2.30. The molecule has 1 atom stereocenters.